The summed E-state index contributed by atoms with van der Waals surface area (Å²) in [7, 11) is 0. The first-order valence-electron chi connectivity index (χ1n) is 9.35. The zero-order valence-electron chi connectivity index (χ0n) is 15.6. The van der Waals surface area contributed by atoms with Gasteiger partial charge in [-0.3, -0.25) is 14.6 Å². The maximum atomic E-state index is 13.3. The average Bonchev–Trinajstić information content (AvgIpc) is 2.65. The molecule has 0 bridgehead atoms. The number of nitrogens with zero attached hydrogens (tertiary/aromatic N) is 2. The molecule has 8 heteroatoms. The van der Waals surface area contributed by atoms with Crippen molar-refractivity contribution in [2.45, 2.75) is 76.7 Å². The van der Waals surface area contributed by atoms with Crippen molar-refractivity contribution in [2.24, 2.45) is 0 Å². The zero-order chi connectivity index (χ0) is 20.0. The average molecular weight is 385 g/mol. The van der Waals surface area contributed by atoms with Crippen molar-refractivity contribution in [3.05, 3.63) is 30.1 Å². The molecule has 0 aromatic carbocycles. The number of hydrogen-bond donors (Lipinski definition) is 1. The Balaban J connectivity index is 2.39. The second kappa shape index (κ2) is 9.19. The van der Waals surface area contributed by atoms with Crippen LogP contribution >= 0.6 is 0 Å². The van der Waals surface area contributed by atoms with E-state index in [0.29, 0.717) is 16.9 Å². The molecule has 2 amide bonds. The summed E-state index contributed by atoms with van der Waals surface area (Å²) >= 11 is 0. The highest BCUT2D eigenvalue weighted by atomic mass is 19.4. The van der Waals surface area contributed by atoms with Gasteiger partial charge in [-0.05, 0) is 43.9 Å². The number of hydrogen-bond acceptors (Lipinski definition) is 3. The van der Waals surface area contributed by atoms with Crippen LogP contribution < -0.4 is 5.32 Å². The smallest absolute Gasteiger partial charge is 0.351 e. The predicted octanol–water partition coefficient (Wildman–Crippen LogP) is 3.76. The highest BCUT2D eigenvalue weighted by molar-refractivity contribution is 5.91. The Hall–Kier alpha value is -2.12. The van der Waals surface area contributed by atoms with Crippen molar-refractivity contribution in [3.63, 3.8) is 0 Å². The fraction of sp³-hybridized carbons (Fsp3) is 0.632. The Morgan fingerprint density at radius 1 is 1.22 bits per heavy atom. The molecule has 2 rings (SSSR count). The van der Waals surface area contributed by atoms with Gasteiger partial charge in [0.1, 0.15) is 6.04 Å². The van der Waals surface area contributed by atoms with E-state index in [2.05, 4.69) is 10.3 Å². The molecule has 1 heterocycles. The van der Waals surface area contributed by atoms with Crippen LogP contribution in [0.15, 0.2) is 24.5 Å². The van der Waals surface area contributed by atoms with Gasteiger partial charge in [0.05, 0.1) is 0 Å². The van der Waals surface area contributed by atoms with E-state index >= 15 is 0 Å². The number of amides is 2. The van der Waals surface area contributed by atoms with E-state index < -0.39 is 30.1 Å². The topological polar surface area (TPSA) is 62.3 Å². The standard InChI is InChI=1S/C19H26F3N3O2/c1-3-13(2)25(18(27)19(20,21)22)16(14-9-11-23-12-10-14)17(26)24-15-7-5-4-6-8-15/h9-13,15-16H,3-8H2,1-2H3,(H,24,26)/t13-,16+/m1/s1. The molecule has 5 nitrogen and oxygen atoms in total. The molecular formula is C19H26F3N3O2. The molecule has 1 saturated carbocycles. The first kappa shape index (κ1) is 21.2. The van der Waals surface area contributed by atoms with E-state index in [1.165, 1.54) is 31.5 Å². The number of rotatable bonds is 6. The van der Waals surface area contributed by atoms with Crippen LogP contribution in [0.4, 0.5) is 13.2 Å². The molecule has 2 atom stereocenters. The van der Waals surface area contributed by atoms with Crippen LogP contribution in [-0.2, 0) is 9.59 Å². The third kappa shape index (κ3) is 5.43. The lowest BCUT2D eigenvalue weighted by atomic mass is 9.94. The Kier molecular flexibility index (Phi) is 7.21. The number of alkyl halides is 3. The van der Waals surface area contributed by atoms with Crippen LogP contribution in [0.5, 0.6) is 0 Å². The summed E-state index contributed by atoms with van der Waals surface area (Å²) in [6.45, 7) is 3.20. The molecule has 1 aliphatic rings. The van der Waals surface area contributed by atoms with E-state index in [4.69, 9.17) is 0 Å². The van der Waals surface area contributed by atoms with Gasteiger partial charge < -0.3 is 10.2 Å². The lowest BCUT2D eigenvalue weighted by molar-refractivity contribution is -0.191. The molecule has 0 aliphatic heterocycles. The number of carbonyl (C=O) groups is 2. The molecule has 1 N–H and O–H groups in total. The van der Waals surface area contributed by atoms with E-state index in [0.717, 1.165) is 32.1 Å². The SMILES string of the molecule is CC[C@@H](C)N(C(=O)C(F)(F)F)[C@H](C(=O)NC1CCCCC1)c1ccncc1. The largest absolute Gasteiger partial charge is 0.471 e. The van der Waals surface area contributed by atoms with Crippen molar-refractivity contribution in [3.8, 4) is 0 Å². The molecule has 0 saturated heterocycles. The minimum atomic E-state index is -5.06. The maximum Gasteiger partial charge on any atom is 0.471 e. The lowest BCUT2D eigenvalue weighted by Crippen LogP contribution is -2.53. The summed E-state index contributed by atoms with van der Waals surface area (Å²) in [5.74, 6) is -2.58. The Bertz CT molecular complexity index is 631. The first-order chi connectivity index (χ1) is 12.8. The van der Waals surface area contributed by atoms with Crippen molar-refractivity contribution >= 4 is 11.8 Å². The Morgan fingerprint density at radius 3 is 2.33 bits per heavy atom. The number of pyridine rings is 1. The van der Waals surface area contributed by atoms with E-state index in [9.17, 15) is 22.8 Å². The van der Waals surface area contributed by atoms with Gasteiger partial charge in [-0.25, -0.2) is 0 Å². The summed E-state index contributed by atoms with van der Waals surface area (Å²) in [5, 5.41) is 2.86. The van der Waals surface area contributed by atoms with E-state index in [1.807, 2.05) is 0 Å². The minimum Gasteiger partial charge on any atom is -0.351 e. The van der Waals surface area contributed by atoms with Gasteiger partial charge in [0.15, 0.2) is 0 Å². The number of aromatic nitrogens is 1. The monoisotopic (exact) mass is 385 g/mol. The normalized spacial score (nSPS) is 17.8. The summed E-state index contributed by atoms with van der Waals surface area (Å²) in [4.78, 5) is 29.7. The van der Waals surface area contributed by atoms with Gasteiger partial charge in [0.25, 0.3) is 0 Å². The second-order valence-corrected chi connectivity index (χ2v) is 6.99. The fourth-order valence-corrected chi connectivity index (χ4v) is 3.43. The van der Waals surface area contributed by atoms with Gasteiger partial charge >= 0.3 is 12.1 Å². The van der Waals surface area contributed by atoms with Gasteiger partial charge in [-0.1, -0.05) is 26.2 Å². The highest BCUT2D eigenvalue weighted by Crippen LogP contribution is 2.31. The van der Waals surface area contributed by atoms with Crippen LogP contribution in [0.3, 0.4) is 0 Å². The van der Waals surface area contributed by atoms with Gasteiger partial charge in [-0.2, -0.15) is 13.2 Å². The summed E-state index contributed by atoms with van der Waals surface area (Å²) < 4.78 is 39.8. The van der Waals surface area contributed by atoms with Gasteiger partial charge in [-0.15, -0.1) is 0 Å². The van der Waals surface area contributed by atoms with Crippen LogP contribution in [0.1, 0.15) is 64.0 Å². The molecule has 1 aliphatic carbocycles. The third-order valence-corrected chi connectivity index (χ3v) is 5.04. The van der Waals surface area contributed by atoms with Crippen LogP contribution in [0, 0.1) is 0 Å². The maximum absolute atomic E-state index is 13.3. The number of carbonyl (C=O) groups excluding carboxylic acids is 2. The third-order valence-electron chi connectivity index (χ3n) is 5.04. The van der Waals surface area contributed by atoms with Crippen LogP contribution in [0.25, 0.3) is 0 Å². The molecule has 0 radical (unpaired) electrons. The number of nitrogens with one attached hydrogen (secondary N) is 1. The Morgan fingerprint density at radius 2 is 1.81 bits per heavy atom. The quantitative estimate of drug-likeness (QED) is 0.811. The summed E-state index contributed by atoms with van der Waals surface area (Å²) in [6.07, 6.45) is 2.68. The molecule has 0 spiro atoms. The predicted molar refractivity (Wildman–Crippen MR) is 94.6 cm³/mol. The minimum absolute atomic E-state index is 0.0737. The van der Waals surface area contributed by atoms with Crippen LogP contribution in [0.2, 0.25) is 0 Å². The lowest BCUT2D eigenvalue weighted by Gasteiger charge is -2.37. The number of halogens is 3. The molecular weight excluding hydrogens is 359 g/mol. The molecule has 1 aromatic rings. The van der Waals surface area contributed by atoms with Crippen molar-refractivity contribution in [2.75, 3.05) is 0 Å². The molecule has 0 unspecified atom stereocenters. The van der Waals surface area contributed by atoms with E-state index in [-0.39, 0.29) is 6.04 Å². The Labute approximate surface area is 157 Å². The molecule has 27 heavy (non-hydrogen) atoms. The van der Waals surface area contributed by atoms with Gasteiger partial charge in [0, 0.05) is 24.5 Å². The van der Waals surface area contributed by atoms with E-state index in [1.54, 1.807) is 6.92 Å². The molecule has 150 valence electrons. The second-order valence-electron chi connectivity index (χ2n) is 6.99. The molecule has 1 aromatic heterocycles. The van der Waals surface area contributed by atoms with Gasteiger partial charge in [0.2, 0.25) is 5.91 Å². The van der Waals surface area contributed by atoms with Crippen molar-refractivity contribution < 1.29 is 22.8 Å². The summed E-state index contributed by atoms with van der Waals surface area (Å²) in [6, 6.07) is 0.776. The zero-order valence-corrected chi connectivity index (χ0v) is 15.6. The highest BCUT2D eigenvalue weighted by Gasteiger charge is 2.48. The van der Waals surface area contributed by atoms with Crippen molar-refractivity contribution in [1.29, 1.82) is 0 Å². The summed E-state index contributed by atoms with van der Waals surface area (Å²) in [5.41, 5.74) is 0.316. The van der Waals surface area contributed by atoms with Crippen LogP contribution in [-0.4, -0.2) is 40.0 Å². The fourth-order valence-electron chi connectivity index (χ4n) is 3.43. The van der Waals surface area contributed by atoms with Crippen molar-refractivity contribution in [1.82, 2.24) is 15.2 Å². The molecule has 1 fully saturated rings. The first-order valence-corrected chi connectivity index (χ1v) is 9.35.